The van der Waals surface area contributed by atoms with Crippen LogP contribution < -0.4 is 11.1 Å². The van der Waals surface area contributed by atoms with Gasteiger partial charge >= 0.3 is 0 Å². The third-order valence-corrected chi connectivity index (χ3v) is 4.51. The van der Waals surface area contributed by atoms with Crippen molar-refractivity contribution in [2.75, 3.05) is 0 Å². The average molecular weight is 262 g/mol. The number of fused-ring (bicyclic) bond motifs is 1. The highest BCUT2D eigenvalue weighted by molar-refractivity contribution is 5.94. The lowest BCUT2D eigenvalue weighted by Gasteiger charge is -2.15. The molecule has 2 atom stereocenters. The maximum atomic E-state index is 13.5. The van der Waals surface area contributed by atoms with Crippen molar-refractivity contribution in [2.45, 2.75) is 37.8 Å². The van der Waals surface area contributed by atoms with Crippen molar-refractivity contribution in [3.8, 4) is 0 Å². The lowest BCUT2D eigenvalue weighted by Crippen LogP contribution is -2.34. The number of hydrogen-bond acceptors (Lipinski definition) is 2. The van der Waals surface area contributed by atoms with Crippen molar-refractivity contribution in [3.05, 3.63) is 35.6 Å². The fraction of sp³-hybridized carbons (Fsp3) is 0.533. The standard InChI is InChI=1S/C15H19FN2O/c16-14-4-2-1-3-13(14)15(19)18-12-7-9-5-11(17)6-10(9)8-12/h1-4,9-12H,5-8,17H2,(H,18,19). The van der Waals surface area contributed by atoms with Gasteiger partial charge in [-0.2, -0.15) is 0 Å². The molecule has 1 aromatic rings. The van der Waals surface area contributed by atoms with Crippen LogP contribution in [-0.4, -0.2) is 18.0 Å². The first-order valence-electron chi connectivity index (χ1n) is 6.94. The number of nitrogens with one attached hydrogen (secondary N) is 1. The Hall–Kier alpha value is -1.42. The fourth-order valence-corrected chi connectivity index (χ4v) is 3.69. The van der Waals surface area contributed by atoms with Crippen LogP contribution in [0.1, 0.15) is 36.0 Å². The Morgan fingerprint density at radius 2 is 1.79 bits per heavy atom. The summed E-state index contributed by atoms with van der Waals surface area (Å²) in [7, 11) is 0. The summed E-state index contributed by atoms with van der Waals surface area (Å²) in [6.45, 7) is 0. The molecular formula is C15H19FN2O. The highest BCUT2D eigenvalue weighted by atomic mass is 19.1. The minimum Gasteiger partial charge on any atom is -0.349 e. The number of carbonyl (C=O) groups is 1. The van der Waals surface area contributed by atoms with Crippen LogP contribution >= 0.6 is 0 Å². The van der Waals surface area contributed by atoms with E-state index in [2.05, 4.69) is 5.32 Å². The van der Waals surface area contributed by atoms with Gasteiger partial charge in [-0.15, -0.1) is 0 Å². The summed E-state index contributed by atoms with van der Waals surface area (Å²) in [6.07, 6.45) is 4.10. The van der Waals surface area contributed by atoms with Gasteiger partial charge in [0.2, 0.25) is 0 Å². The van der Waals surface area contributed by atoms with Gasteiger partial charge in [-0.1, -0.05) is 12.1 Å². The monoisotopic (exact) mass is 262 g/mol. The molecule has 0 bridgehead atoms. The van der Waals surface area contributed by atoms with Crippen LogP contribution in [0.4, 0.5) is 4.39 Å². The van der Waals surface area contributed by atoms with E-state index in [1.807, 2.05) is 0 Å². The molecule has 1 aromatic carbocycles. The predicted octanol–water partition coefficient (Wildman–Crippen LogP) is 2.07. The molecule has 2 aliphatic rings. The van der Waals surface area contributed by atoms with Crippen LogP contribution in [0.3, 0.4) is 0 Å². The Kier molecular flexibility index (Phi) is 3.27. The largest absolute Gasteiger partial charge is 0.349 e. The number of amides is 1. The van der Waals surface area contributed by atoms with E-state index < -0.39 is 5.82 Å². The molecule has 2 aliphatic carbocycles. The minimum atomic E-state index is -0.458. The first-order chi connectivity index (χ1) is 9.13. The maximum absolute atomic E-state index is 13.5. The zero-order chi connectivity index (χ0) is 13.4. The van der Waals surface area contributed by atoms with Crippen molar-refractivity contribution in [1.82, 2.24) is 5.32 Å². The van der Waals surface area contributed by atoms with E-state index in [1.54, 1.807) is 12.1 Å². The fourth-order valence-electron chi connectivity index (χ4n) is 3.69. The molecule has 0 radical (unpaired) electrons. The van der Waals surface area contributed by atoms with Gasteiger partial charge in [0.25, 0.3) is 5.91 Å². The van der Waals surface area contributed by atoms with Gasteiger partial charge in [0.1, 0.15) is 5.82 Å². The molecular weight excluding hydrogens is 243 g/mol. The van der Waals surface area contributed by atoms with Crippen LogP contribution in [0, 0.1) is 17.7 Å². The van der Waals surface area contributed by atoms with Gasteiger partial charge in [-0.05, 0) is 49.7 Å². The molecule has 2 fully saturated rings. The van der Waals surface area contributed by atoms with Gasteiger partial charge < -0.3 is 11.1 Å². The summed E-state index contributed by atoms with van der Waals surface area (Å²) in [4.78, 5) is 12.0. The number of hydrogen-bond donors (Lipinski definition) is 2. The van der Waals surface area contributed by atoms with Gasteiger partial charge in [0.05, 0.1) is 5.56 Å². The van der Waals surface area contributed by atoms with E-state index in [-0.39, 0.29) is 17.5 Å². The summed E-state index contributed by atoms with van der Waals surface area (Å²) in [5, 5.41) is 2.96. The molecule has 102 valence electrons. The lowest BCUT2D eigenvalue weighted by molar-refractivity contribution is 0.0932. The van der Waals surface area contributed by atoms with Crippen LogP contribution in [0.25, 0.3) is 0 Å². The lowest BCUT2D eigenvalue weighted by atomic mass is 10.0. The molecule has 0 heterocycles. The van der Waals surface area contributed by atoms with E-state index in [1.165, 1.54) is 12.1 Å². The van der Waals surface area contributed by atoms with Gasteiger partial charge in [-0.3, -0.25) is 4.79 Å². The van der Waals surface area contributed by atoms with Crippen LogP contribution in [0.15, 0.2) is 24.3 Å². The minimum absolute atomic E-state index is 0.135. The number of halogens is 1. The molecule has 3 N–H and O–H groups in total. The third kappa shape index (κ3) is 2.50. The molecule has 0 aliphatic heterocycles. The van der Waals surface area contributed by atoms with E-state index in [0.29, 0.717) is 17.9 Å². The quantitative estimate of drug-likeness (QED) is 0.857. The number of carbonyl (C=O) groups excluding carboxylic acids is 1. The summed E-state index contributed by atoms with van der Waals surface area (Å²) >= 11 is 0. The van der Waals surface area contributed by atoms with E-state index in [9.17, 15) is 9.18 Å². The Morgan fingerprint density at radius 3 is 2.42 bits per heavy atom. The van der Waals surface area contributed by atoms with Crippen molar-refractivity contribution in [3.63, 3.8) is 0 Å². The number of nitrogens with two attached hydrogens (primary N) is 1. The first-order valence-corrected chi connectivity index (χ1v) is 6.94. The molecule has 3 rings (SSSR count). The number of benzene rings is 1. The molecule has 19 heavy (non-hydrogen) atoms. The predicted molar refractivity (Wildman–Crippen MR) is 71.1 cm³/mol. The Bertz CT molecular complexity index is 477. The maximum Gasteiger partial charge on any atom is 0.254 e. The second-order valence-electron chi connectivity index (χ2n) is 5.87. The highest BCUT2D eigenvalue weighted by Gasteiger charge is 2.40. The van der Waals surface area contributed by atoms with Gasteiger partial charge in [-0.25, -0.2) is 4.39 Å². The smallest absolute Gasteiger partial charge is 0.254 e. The Morgan fingerprint density at radius 1 is 1.16 bits per heavy atom. The van der Waals surface area contributed by atoms with Gasteiger partial charge in [0, 0.05) is 12.1 Å². The van der Waals surface area contributed by atoms with Crippen molar-refractivity contribution in [1.29, 1.82) is 0 Å². The van der Waals surface area contributed by atoms with E-state index >= 15 is 0 Å². The van der Waals surface area contributed by atoms with Crippen molar-refractivity contribution >= 4 is 5.91 Å². The van der Waals surface area contributed by atoms with E-state index in [0.717, 1.165) is 25.7 Å². The summed E-state index contributed by atoms with van der Waals surface area (Å²) < 4.78 is 13.5. The molecule has 1 amide bonds. The molecule has 3 nitrogen and oxygen atoms in total. The third-order valence-electron chi connectivity index (χ3n) is 4.51. The van der Waals surface area contributed by atoms with Crippen molar-refractivity contribution < 1.29 is 9.18 Å². The van der Waals surface area contributed by atoms with Gasteiger partial charge in [0.15, 0.2) is 0 Å². The summed E-state index contributed by atoms with van der Waals surface area (Å²) in [5.74, 6) is 0.523. The molecule has 4 heteroatoms. The first kappa shape index (κ1) is 12.6. The zero-order valence-electron chi connectivity index (χ0n) is 10.8. The topological polar surface area (TPSA) is 55.1 Å². The second-order valence-corrected chi connectivity index (χ2v) is 5.87. The molecule has 2 unspecified atom stereocenters. The molecule has 0 saturated heterocycles. The summed E-state index contributed by atoms with van der Waals surface area (Å²) in [5.41, 5.74) is 6.08. The zero-order valence-corrected chi connectivity index (χ0v) is 10.8. The van der Waals surface area contributed by atoms with Crippen LogP contribution in [0.2, 0.25) is 0 Å². The van der Waals surface area contributed by atoms with Crippen LogP contribution in [0.5, 0.6) is 0 Å². The Labute approximate surface area is 112 Å². The Balaban J connectivity index is 1.62. The number of rotatable bonds is 2. The average Bonchev–Trinajstić information content (AvgIpc) is 2.86. The molecule has 0 aromatic heterocycles. The second kappa shape index (κ2) is 4.93. The summed E-state index contributed by atoms with van der Waals surface area (Å²) in [6, 6.07) is 6.62. The van der Waals surface area contributed by atoms with Crippen LogP contribution in [-0.2, 0) is 0 Å². The van der Waals surface area contributed by atoms with Crippen molar-refractivity contribution in [2.24, 2.45) is 17.6 Å². The molecule has 0 spiro atoms. The normalized spacial score (nSPS) is 33.2. The highest BCUT2D eigenvalue weighted by Crippen LogP contribution is 2.43. The molecule has 2 saturated carbocycles. The van der Waals surface area contributed by atoms with E-state index in [4.69, 9.17) is 5.73 Å². The SMILES string of the molecule is NC1CC2CC(NC(=O)c3ccccc3F)CC2C1.